The summed E-state index contributed by atoms with van der Waals surface area (Å²) >= 11 is 0. The summed E-state index contributed by atoms with van der Waals surface area (Å²) < 4.78 is 0. The van der Waals surface area contributed by atoms with Crippen LogP contribution in [0.2, 0.25) is 0 Å². The Labute approximate surface area is 45.6 Å². The summed E-state index contributed by atoms with van der Waals surface area (Å²) in [4.78, 5) is 0. The monoisotopic (exact) mass is 118 g/mol. The molecule has 0 fully saturated rings. The van der Waals surface area contributed by atoms with Crippen molar-refractivity contribution >= 4 is 0 Å². The molecule has 36 valence electrons. The van der Waals surface area contributed by atoms with Crippen LogP contribution in [0.1, 0.15) is 0 Å². The molecule has 0 aliphatic heterocycles. The molecule has 0 unspecified atom stereocenters. The molecule has 0 rings (SSSR count). The SMILES string of the molecule is [NH4+].[NH4+].[OH-].[OH-].[Ti]. The smallest absolute Gasteiger partial charge is 0 e. The first-order valence-corrected chi connectivity index (χ1v) is 0. The van der Waals surface area contributed by atoms with Gasteiger partial charge in [0, 0.05) is 21.7 Å². The fourth-order valence-electron chi connectivity index (χ4n) is 0. The zero-order chi connectivity index (χ0) is 0. The molecule has 0 aliphatic carbocycles. The van der Waals surface area contributed by atoms with Crippen molar-refractivity contribution in [2.45, 2.75) is 0 Å². The van der Waals surface area contributed by atoms with Crippen molar-refractivity contribution in [1.29, 1.82) is 0 Å². The number of quaternary nitrogens is 2. The molecular weight excluding hydrogens is 108 g/mol. The molecule has 10 N–H and O–H groups in total. The number of rotatable bonds is 0. The molecule has 0 saturated carbocycles. The van der Waals surface area contributed by atoms with Crippen LogP contribution in [0.3, 0.4) is 0 Å². The first-order valence-electron chi connectivity index (χ1n) is 0. The molecule has 0 aromatic heterocycles. The van der Waals surface area contributed by atoms with E-state index in [1.807, 2.05) is 0 Å². The van der Waals surface area contributed by atoms with E-state index >= 15 is 0 Å². The van der Waals surface area contributed by atoms with Crippen molar-refractivity contribution in [2.75, 3.05) is 0 Å². The summed E-state index contributed by atoms with van der Waals surface area (Å²) in [7, 11) is 0. The Hall–Kier alpha value is 0.554. The van der Waals surface area contributed by atoms with Crippen molar-refractivity contribution in [3.8, 4) is 0 Å². The van der Waals surface area contributed by atoms with Crippen LogP contribution in [-0.4, -0.2) is 11.0 Å². The van der Waals surface area contributed by atoms with Gasteiger partial charge in [0.1, 0.15) is 0 Å². The average molecular weight is 118 g/mol. The van der Waals surface area contributed by atoms with Gasteiger partial charge >= 0.3 is 0 Å². The maximum Gasteiger partial charge on any atom is 0 e. The second-order valence-corrected chi connectivity index (χ2v) is 0. The second kappa shape index (κ2) is 187. The van der Waals surface area contributed by atoms with Crippen LogP contribution in [0.4, 0.5) is 0 Å². The minimum atomic E-state index is 0. The third-order valence-electron chi connectivity index (χ3n) is 0. The number of hydrogen-bond donors (Lipinski definition) is 2. The summed E-state index contributed by atoms with van der Waals surface area (Å²) in [6, 6.07) is 0. The van der Waals surface area contributed by atoms with Gasteiger partial charge in [-0.05, 0) is 0 Å². The Morgan fingerprint density at radius 2 is 0.600 bits per heavy atom. The van der Waals surface area contributed by atoms with Crippen LogP contribution in [-0.2, 0) is 21.7 Å². The minimum absolute atomic E-state index is 0. The Kier molecular flexibility index (Phi) is 14000. The van der Waals surface area contributed by atoms with Gasteiger partial charge in [-0.1, -0.05) is 0 Å². The van der Waals surface area contributed by atoms with Crippen molar-refractivity contribution in [2.24, 2.45) is 0 Å². The van der Waals surface area contributed by atoms with Gasteiger partial charge in [-0.3, -0.25) is 0 Å². The van der Waals surface area contributed by atoms with E-state index in [0.717, 1.165) is 0 Å². The zero-order valence-electron chi connectivity index (χ0n) is 3.39. The number of hydrogen-bond acceptors (Lipinski definition) is 2. The first kappa shape index (κ1) is 375. The van der Waals surface area contributed by atoms with Gasteiger partial charge < -0.3 is 23.3 Å². The second-order valence-electron chi connectivity index (χ2n) is 0. The van der Waals surface area contributed by atoms with Crippen molar-refractivity contribution in [3.05, 3.63) is 0 Å². The van der Waals surface area contributed by atoms with E-state index < -0.39 is 0 Å². The Morgan fingerprint density at radius 1 is 0.600 bits per heavy atom. The molecule has 0 saturated heterocycles. The quantitative estimate of drug-likeness (QED) is 0.445. The predicted octanol–water partition coefficient (Wildman–Crippen LogP) is 0.396. The van der Waals surface area contributed by atoms with Crippen LogP contribution in [0.25, 0.3) is 0 Å². The zero-order valence-corrected chi connectivity index (χ0v) is 4.96. The molecule has 4 nitrogen and oxygen atoms in total. The molecule has 0 radical (unpaired) electrons. The molecule has 0 bridgehead atoms. The summed E-state index contributed by atoms with van der Waals surface area (Å²) in [5, 5.41) is 0. The van der Waals surface area contributed by atoms with Crippen molar-refractivity contribution < 1.29 is 32.7 Å². The first-order chi connectivity index (χ1) is 0. The molecule has 0 atom stereocenters. The van der Waals surface area contributed by atoms with Crippen LogP contribution in [0.5, 0.6) is 0 Å². The van der Waals surface area contributed by atoms with E-state index in [4.69, 9.17) is 0 Å². The van der Waals surface area contributed by atoms with Crippen LogP contribution >= 0.6 is 0 Å². The summed E-state index contributed by atoms with van der Waals surface area (Å²) in [6.45, 7) is 0. The normalized spacial score (nSPS) is 0. The van der Waals surface area contributed by atoms with E-state index in [0.29, 0.717) is 0 Å². The van der Waals surface area contributed by atoms with E-state index in [1.54, 1.807) is 0 Å². The topological polar surface area (TPSA) is 133 Å². The molecule has 0 spiro atoms. The largest absolute Gasteiger partial charge is 0.870 e. The standard InChI is InChI=1S/2H3N.2H2O.Ti/h2*1H3;2*1H2;. The Bertz CT molecular complexity index is 7.61. The fraction of sp³-hybridized carbons (Fsp3) is 0. The maximum absolute atomic E-state index is 0. The molecular formula is H10N2O2Ti. The molecule has 0 aromatic carbocycles. The molecule has 5 heteroatoms. The predicted molar refractivity (Wildman–Crippen MR) is 15.8 cm³/mol. The molecule has 0 amide bonds. The van der Waals surface area contributed by atoms with Gasteiger partial charge in [-0.15, -0.1) is 0 Å². The van der Waals surface area contributed by atoms with Gasteiger partial charge in [0.05, 0.1) is 0 Å². The van der Waals surface area contributed by atoms with Crippen LogP contribution in [0, 0.1) is 0 Å². The Morgan fingerprint density at radius 3 is 0.600 bits per heavy atom. The van der Waals surface area contributed by atoms with Gasteiger partial charge in [0.25, 0.3) is 0 Å². The van der Waals surface area contributed by atoms with Crippen molar-refractivity contribution in [3.63, 3.8) is 0 Å². The van der Waals surface area contributed by atoms with E-state index in [-0.39, 0.29) is 45.0 Å². The molecule has 0 aliphatic rings. The summed E-state index contributed by atoms with van der Waals surface area (Å²) in [5.74, 6) is 0. The Balaban J connectivity index is 0. The van der Waals surface area contributed by atoms with Gasteiger partial charge in [-0.2, -0.15) is 0 Å². The van der Waals surface area contributed by atoms with Crippen LogP contribution < -0.4 is 12.3 Å². The van der Waals surface area contributed by atoms with E-state index in [9.17, 15) is 0 Å². The van der Waals surface area contributed by atoms with Gasteiger partial charge in [0.2, 0.25) is 0 Å². The minimum Gasteiger partial charge on any atom is -0.870 e. The van der Waals surface area contributed by atoms with Crippen LogP contribution in [0.15, 0.2) is 0 Å². The molecule has 0 aromatic rings. The van der Waals surface area contributed by atoms with E-state index in [1.165, 1.54) is 0 Å². The third kappa shape index (κ3) is 96.7. The summed E-state index contributed by atoms with van der Waals surface area (Å²) in [5.41, 5.74) is 0. The van der Waals surface area contributed by atoms with Gasteiger partial charge in [0.15, 0.2) is 0 Å². The van der Waals surface area contributed by atoms with Gasteiger partial charge in [-0.25, -0.2) is 0 Å². The maximum atomic E-state index is 0. The van der Waals surface area contributed by atoms with E-state index in [2.05, 4.69) is 0 Å². The third-order valence-corrected chi connectivity index (χ3v) is 0. The van der Waals surface area contributed by atoms with Crippen molar-refractivity contribution in [1.82, 2.24) is 12.3 Å². The fourth-order valence-corrected chi connectivity index (χ4v) is 0. The molecule has 5 heavy (non-hydrogen) atoms. The average Bonchev–Trinajstić information content (AvgIpc) is 0. The summed E-state index contributed by atoms with van der Waals surface area (Å²) in [6.07, 6.45) is 0. The molecule has 0 heterocycles.